The van der Waals surface area contributed by atoms with E-state index in [1.54, 1.807) is 37.3 Å². The van der Waals surface area contributed by atoms with Crippen LogP contribution in [0.5, 0.6) is 0 Å². The number of nitrogens with zero attached hydrogens (tertiary/aromatic N) is 1. The lowest BCUT2D eigenvalue weighted by Gasteiger charge is -2.25. The Hall–Kier alpha value is -2.08. The third kappa shape index (κ3) is 3.96. The van der Waals surface area contributed by atoms with Crippen LogP contribution < -0.4 is 5.32 Å². The van der Waals surface area contributed by atoms with Crippen LogP contribution in [0.15, 0.2) is 30.3 Å². The fraction of sp³-hybridized carbons (Fsp3) is 0.385. The largest absolute Gasteiger partial charge is 0.479 e. The van der Waals surface area contributed by atoms with E-state index in [2.05, 4.69) is 5.32 Å². The molecule has 0 aromatic heterocycles. The lowest BCUT2D eigenvalue weighted by Crippen LogP contribution is -2.46. The zero-order chi connectivity index (χ0) is 14.4. The second kappa shape index (κ2) is 6.75. The van der Waals surface area contributed by atoms with Gasteiger partial charge in [-0.2, -0.15) is 0 Å². The minimum Gasteiger partial charge on any atom is -0.479 e. The molecule has 2 amide bonds. The molecule has 0 saturated heterocycles. The fourth-order valence-corrected chi connectivity index (χ4v) is 1.48. The molecule has 104 valence electrons. The number of urea groups is 1. The first-order valence-corrected chi connectivity index (χ1v) is 5.89. The number of carboxylic acid groups (broad SMARTS) is 1. The van der Waals surface area contributed by atoms with Gasteiger partial charge in [-0.1, -0.05) is 30.3 Å². The van der Waals surface area contributed by atoms with Gasteiger partial charge < -0.3 is 20.4 Å². The predicted octanol–water partition coefficient (Wildman–Crippen LogP) is 0.834. The topological polar surface area (TPSA) is 89.9 Å². The first-order chi connectivity index (χ1) is 8.97. The van der Waals surface area contributed by atoms with Gasteiger partial charge in [-0.25, -0.2) is 9.59 Å². The standard InChI is InChI=1S/C13H18N2O4/c1-9(8-16)15(2)13(19)14-11(12(17)18)10-6-4-3-5-7-10/h3-7,9,11,16H,8H2,1-2H3,(H,14,19)(H,17,18)/t9?,11-/m0/s1. The highest BCUT2D eigenvalue weighted by atomic mass is 16.4. The van der Waals surface area contributed by atoms with E-state index >= 15 is 0 Å². The van der Waals surface area contributed by atoms with Gasteiger partial charge in [-0.3, -0.25) is 0 Å². The van der Waals surface area contributed by atoms with E-state index in [-0.39, 0.29) is 12.6 Å². The monoisotopic (exact) mass is 266 g/mol. The van der Waals surface area contributed by atoms with Crippen LogP contribution >= 0.6 is 0 Å². The summed E-state index contributed by atoms with van der Waals surface area (Å²) < 4.78 is 0. The maximum atomic E-state index is 11.9. The quantitative estimate of drug-likeness (QED) is 0.736. The van der Waals surface area contributed by atoms with E-state index in [9.17, 15) is 14.7 Å². The van der Waals surface area contributed by atoms with Crippen molar-refractivity contribution in [3.63, 3.8) is 0 Å². The van der Waals surface area contributed by atoms with Gasteiger partial charge in [0.1, 0.15) is 0 Å². The number of hydrogen-bond acceptors (Lipinski definition) is 3. The van der Waals surface area contributed by atoms with Crippen LogP contribution in [-0.2, 0) is 4.79 Å². The van der Waals surface area contributed by atoms with E-state index in [1.807, 2.05) is 0 Å². The van der Waals surface area contributed by atoms with Crippen molar-refractivity contribution in [3.05, 3.63) is 35.9 Å². The number of rotatable bonds is 5. The molecule has 3 N–H and O–H groups in total. The van der Waals surface area contributed by atoms with Crippen molar-refractivity contribution < 1.29 is 19.8 Å². The molecule has 0 fully saturated rings. The summed E-state index contributed by atoms with van der Waals surface area (Å²) in [5, 5.41) is 20.6. The normalized spacial score (nSPS) is 13.4. The number of aliphatic carboxylic acids is 1. The van der Waals surface area contributed by atoms with Crippen LogP contribution in [-0.4, -0.2) is 46.8 Å². The highest BCUT2D eigenvalue weighted by Gasteiger charge is 2.24. The fourth-order valence-electron chi connectivity index (χ4n) is 1.48. The number of carboxylic acids is 1. The third-order valence-electron chi connectivity index (χ3n) is 2.89. The minimum absolute atomic E-state index is 0.188. The van der Waals surface area contributed by atoms with Crippen LogP contribution in [0.1, 0.15) is 18.5 Å². The first kappa shape index (κ1) is 15.0. The Kier molecular flexibility index (Phi) is 5.32. The Bertz CT molecular complexity index is 436. The van der Waals surface area contributed by atoms with Gasteiger partial charge in [0, 0.05) is 7.05 Å². The lowest BCUT2D eigenvalue weighted by molar-refractivity contribution is -0.139. The molecular formula is C13H18N2O4. The average Bonchev–Trinajstić information content (AvgIpc) is 2.43. The number of carbonyl (C=O) groups is 2. The van der Waals surface area contributed by atoms with Crippen molar-refractivity contribution in [1.82, 2.24) is 10.2 Å². The molecule has 0 saturated carbocycles. The number of amides is 2. The molecule has 6 nitrogen and oxygen atoms in total. The van der Waals surface area contributed by atoms with Gasteiger partial charge in [-0.15, -0.1) is 0 Å². The molecule has 0 aliphatic carbocycles. The number of aliphatic hydroxyl groups is 1. The number of nitrogens with one attached hydrogen (secondary N) is 1. The molecule has 0 heterocycles. The van der Waals surface area contributed by atoms with Crippen LogP contribution in [0.25, 0.3) is 0 Å². The van der Waals surface area contributed by atoms with E-state index in [0.29, 0.717) is 5.56 Å². The summed E-state index contributed by atoms with van der Waals surface area (Å²) in [6.45, 7) is 1.48. The number of likely N-dealkylation sites (N-methyl/N-ethyl adjacent to an activating group) is 1. The van der Waals surface area contributed by atoms with Gasteiger partial charge >= 0.3 is 12.0 Å². The highest BCUT2D eigenvalue weighted by molar-refractivity contribution is 5.83. The molecule has 2 atom stereocenters. The molecule has 1 aromatic rings. The first-order valence-electron chi connectivity index (χ1n) is 5.89. The molecule has 0 radical (unpaired) electrons. The summed E-state index contributed by atoms with van der Waals surface area (Å²) >= 11 is 0. The van der Waals surface area contributed by atoms with Gasteiger partial charge in [0.2, 0.25) is 0 Å². The summed E-state index contributed by atoms with van der Waals surface area (Å²) in [5.74, 6) is -1.13. The van der Waals surface area contributed by atoms with Crippen molar-refractivity contribution >= 4 is 12.0 Å². The number of benzene rings is 1. The van der Waals surface area contributed by atoms with E-state index in [0.717, 1.165) is 0 Å². The molecule has 6 heteroatoms. The highest BCUT2D eigenvalue weighted by Crippen LogP contribution is 2.13. The summed E-state index contributed by atoms with van der Waals surface area (Å²) in [7, 11) is 1.50. The zero-order valence-corrected chi connectivity index (χ0v) is 10.9. The molecule has 0 bridgehead atoms. The predicted molar refractivity (Wildman–Crippen MR) is 69.7 cm³/mol. The molecule has 1 rings (SSSR count). The molecule has 0 spiro atoms. The van der Waals surface area contributed by atoms with Crippen LogP contribution in [0, 0.1) is 0 Å². The van der Waals surface area contributed by atoms with Crippen molar-refractivity contribution in [3.8, 4) is 0 Å². The van der Waals surface area contributed by atoms with E-state index in [4.69, 9.17) is 5.11 Å². The van der Waals surface area contributed by atoms with Gasteiger partial charge in [0.05, 0.1) is 12.6 Å². The summed E-state index contributed by atoms with van der Waals surface area (Å²) in [5.41, 5.74) is 0.494. The molecule has 0 aliphatic rings. The summed E-state index contributed by atoms with van der Waals surface area (Å²) in [4.78, 5) is 24.3. The summed E-state index contributed by atoms with van der Waals surface area (Å²) in [6, 6.07) is 6.41. The molecule has 0 aliphatic heterocycles. The number of aliphatic hydroxyl groups excluding tert-OH is 1. The Morgan fingerprint density at radius 3 is 2.37 bits per heavy atom. The second-order valence-electron chi connectivity index (χ2n) is 4.27. The number of hydrogen-bond donors (Lipinski definition) is 3. The maximum absolute atomic E-state index is 11.9. The lowest BCUT2D eigenvalue weighted by atomic mass is 10.1. The average molecular weight is 266 g/mol. The molecule has 1 unspecified atom stereocenters. The van der Waals surface area contributed by atoms with Crippen molar-refractivity contribution in [1.29, 1.82) is 0 Å². The van der Waals surface area contributed by atoms with Gasteiger partial charge in [-0.05, 0) is 12.5 Å². The van der Waals surface area contributed by atoms with Gasteiger partial charge in [0.25, 0.3) is 0 Å². The zero-order valence-electron chi connectivity index (χ0n) is 10.9. The SMILES string of the molecule is CC(CO)N(C)C(=O)N[C@H](C(=O)O)c1ccccc1. The number of carbonyl (C=O) groups excluding carboxylic acids is 1. The Morgan fingerprint density at radius 2 is 1.89 bits per heavy atom. The Balaban J connectivity index is 2.81. The third-order valence-corrected chi connectivity index (χ3v) is 2.89. The van der Waals surface area contributed by atoms with Crippen molar-refractivity contribution in [2.75, 3.05) is 13.7 Å². The Morgan fingerprint density at radius 1 is 1.32 bits per heavy atom. The second-order valence-corrected chi connectivity index (χ2v) is 4.27. The minimum atomic E-state index is -1.13. The van der Waals surface area contributed by atoms with Crippen LogP contribution in [0.4, 0.5) is 4.79 Å². The Labute approximate surface area is 111 Å². The van der Waals surface area contributed by atoms with Gasteiger partial charge in [0.15, 0.2) is 6.04 Å². The molecular weight excluding hydrogens is 248 g/mol. The van der Waals surface area contributed by atoms with Crippen molar-refractivity contribution in [2.24, 2.45) is 0 Å². The maximum Gasteiger partial charge on any atom is 0.330 e. The summed E-state index contributed by atoms with van der Waals surface area (Å²) in [6.07, 6.45) is 0. The smallest absolute Gasteiger partial charge is 0.330 e. The van der Waals surface area contributed by atoms with Crippen LogP contribution in [0.3, 0.4) is 0 Å². The van der Waals surface area contributed by atoms with Crippen LogP contribution in [0.2, 0.25) is 0 Å². The molecule has 19 heavy (non-hydrogen) atoms. The van der Waals surface area contributed by atoms with Crippen molar-refractivity contribution in [2.45, 2.75) is 19.0 Å². The van der Waals surface area contributed by atoms with E-state index in [1.165, 1.54) is 11.9 Å². The van der Waals surface area contributed by atoms with E-state index < -0.39 is 18.0 Å². The molecule has 1 aromatic carbocycles.